The number of allylic oxidation sites excluding steroid dienone is 2. The molecule has 0 saturated carbocycles. The van der Waals surface area contributed by atoms with Gasteiger partial charge in [-0.25, -0.2) is 0 Å². The average Bonchev–Trinajstić information content (AvgIpc) is 2.55. The van der Waals surface area contributed by atoms with Gasteiger partial charge in [0.15, 0.2) is 0 Å². The Kier molecular flexibility index (Phi) is 4.32. The molecule has 1 nitrogen and oxygen atoms in total. The third kappa shape index (κ3) is 3.51. The number of hydrogen-bond donors (Lipinski definition) is 0. The van der Waals surface area contributed by atoms with Crippen molar-refractivity contribution in [2.24, 2.45) is 5.41 Å². The molecule has 1 aliphatic heterocycles. The van der Waals surface area contributed by atoms with E-state index >= 15 is 0 Å². The number of anilines is 1. The van der Waals surface area contributed by atoms with E-state index in [4.69, 9.17) is 11.6 Å². The normalized spacial score (nSPS) is 18.0. The molecule has 1 atom stereocenters. The molecule has 2 heteroatoms. The van der Waals surface area contributed by atoms with Crippen LogP contribution in [0, 0.1) is 5.41 Å². The maximum absolute atomic E-state index is 6.04. The Hall–Kier alpha value is -1.99. The Morgan fingerprint density at radius 1 is 0.913 bits per heavy atom. The van der Waals surface area contributed by atoms with E-state index in [1.807, 2.05) is 12.1 Å². The molecular formula is C21H22ClN. The molecule has 1 heterocycles. The quantitative estimate of drug-likeness (QED) is 0.619. The number of hydrogen-bond acceptors (Lipinski definition) is 1. The van der Waals surface area contributed by atoms with Crippen LogP contribution in [0.25, 0.3) is 0 Å². The van der Waals surface area contributed by atoms with Crippen molar-refractivity contribution in [3.8, 4) is 0 Å². The van der Waals surface area contributed by atoms with E-state index in [1.165, 1.54) is 11.1 Å². The van der Waals surface area contributed by atoms with E-state index in [9.17, 15) is 0 Å². The summed E-state index contributed by atoms with van der Waals surface area (Å²) in [6, 6.07) is 18.8. The van der Waals surface area contributed by atoms with E-state index in [-0.39, 0.29) is 11.5 Å². The zero-order valence-corrected chi connectivity index (χ0v) is 14.6. The summed E-state index contributed by atoms with van der Waals surface area (Å²) < 4.78 is 0. The molecule has 0 aliphatic carbocycles. The predicted molar refractivity (Wildman–Crippen MR) is 99.8 cm³/mol. The molecular weight excluding hydrogens is 302 g/mol. The van der Waals surface area contributed by atoms with Crippen LogP contribution in [0.5, 0.6) is 0 Å². The summed E-state index contributed by atoms with van der Waals surface area (Å²) in [5.74, 6) is 0. The molecule has 0 radical (unpaired) electrons. The molecule has 0 N–H and O–H groups in total. The second kappa shape index (κ2) is 6.25. The molecule has 0 saturated heterocycles. The summed E-state index contributed by atoms with van der Waals surface area (Å²) in [5.41, 5.74) is 3.92. The summed E-state index contributed by atoms with van der Waals surface area (Å²) >= 11 is 6.04. The van der Waals surface area contributed by atoms with Crippen molar-refractivity contribution in [3.05, 3.63) is 89.1 Å². The smallest absolute Gasteiger partial charge is 0.0775 e. The van der Waals surface area contributed by atoms with Gasteiger partial charge in [0.1, 0.15) is 0 Å². The van der Waals surface area contributed by atoms with Gasteiger partial charge in [0, 0.05) is 16.9 Å². The first-order chi connectivity index (χ1) is 10.9. The highest BCUT2D eigenvalue weighted by Gasteiger charge is 2.25. The molecule has 3 rings (SSSR count). The molecule has 0 spiro atoms. The molecule has 23 heavy (non-hydrogen) atoms. The minimum absolute atomic E-state index is 0.135. The molecule has 1 aliphatic rings. The number of halogens is 1. The molecule has 2 aromatic rings. The Labute approximate surface area is 143 Å². The van der Waals surface area contributed by atoms with Gasteiger partial charge in [-0.3, -0.25) is 0 Å². The highest BCUT2D eigenvalue weighted by Crippen LogP contribution is 2.38. The Balaban J connectivity index is 2.04. The van der Waals surface area contributed by atoms with Crippen molar-refractivity contribution in [3.63, 3.8) is 0 Å². The maximum atomic E-state index is 6.04. The molecule has 118 valence electrons. The van der Waals surface area contributed by atoms with Gasteiger partial charge in [-0.15, -0.1) is 0 Å². The molecule has 0 amide bonds. The Bertz CT molecular complexity index is 721. The molecule has 0 fully saturated rings. The lowest BCUT2D eigenvalue weighted by Gasteiger charge is -2.35. The second-order valence-electron chi connectivity index (χ2n) is 6.93. The van der Waals surface area contributed by atoms with Gasteiger partial charge in [-0.1, -0.05) is 68.8 Å². The molecule has 2 aromatic carbocycles. The standard InChI is InChI=1S/C21H22ClN/c1-21(2,3)17-13-14-23(19-11-9-18(22)10-12-19)20(15-17)16-7-5-4-6-8-16/h4-15,20H,1-3H3. The maximum Gasteiger partial charge on any atom is 0.0775 e. The first-order valence-electron chi connectivity index (χ1n) is 7.94. The van der Waals surface area contributed by atoms with E-state index in [0.717, 1.165) is 10.7 Å². The SMILES string of the molecule is CC(C)(C)C1=CC(c2ccccc2)N(c2ccc(Cl)cc2)C=C1. The van der Waals surface area contributed by atoms with Gasteiger partial charge in [0.25, 0.3) is 0 Å². The zero-order chi connectivity index (χ0) is 16.4. The number of rotatable bonds is 2. The highest BCUT2D eigenvalue weighted by atomic mass is 35.5. The van der Waals surface area contributed by atoms with Crippen molar-refractivity contribution >= 4 is 17.3 Å². The van der Waals surface area contributed by atoms with Crippen molar-refractivity contribution in [2.75, 3.05) is 4.90 Å². The highest BCUT2D eigenvalue weighted by molar-refractivity contribution is 6.30. The number of nitrogens with zero attached hydrogens (tertiary/aromatic N) is 1. The largest absolute Gasteiger partial charge is 0.337 e. The van der Waals surface area contributed by atoms with Crippen LogP contribution in [-0.2, 0) is 0 Å². The first kappa shape index (κ1) is 15.9. The van der Waals surface area contributed by atoms with Crippen molar-refractivity contribution < 1.29 is 0 Å². The van der Waals surface area contributed by atoms with E-state index in [0.29, 0.717) is 0 Å². The van der Waals surface area contributed by atoms with Crippen LogP contribution in [-0.4, -0.2) is 0 Å². The van der Waals surface area contributed by atoms with Crippen molar-refractivity contribution in [2.45, 2.75) is 26.8 Å². The van der Waals surface area contributed by atoms with Crippen LogP contribution in [0.1, 0.15) is 32.4 Å². The third-order valence-electron chi connectivity index (χ3n) is 4.18. The summed E-state index contributed by atoms with van der Waals surface area (Å²) in [6.45, 7) is 6.76. The second-order valence-corrected chi connectivity index (χ2v) is 7.36. The Morgan fingerprint density at radius 2 is 1.57 bits per heavy atom. The molecule has 1 unspecified atom stereocenters. The lowest BCUT2D eigenvalue weighted by Crippen LogP contribution is -2.26. The summed E-state index contributed by atoms with van der Waals surface area (Å²) in [5, 5.41) is 0.761. The van der Waals surface area contributed by atoms with Crippen molar-refractivity contribution in [1.29, 1.82) is 0 Å². The van der Waals surface area contributed by atoms with E-state index in [1.54, 1.807) is 0 Å². The van der Waals surface area contributed by atoms with Gasteiger partial charge in [0.2, 0.25) is 0 Å². The lowest BCUT2D eigenvalue weighted by atomic mass is 9.83. The van der Waals surface area contributed by atoms with Crippen LogP contribution < -0.4 is 4.90 Å². The van der Waals surface area contributed by atoms with Crippen LogP contribution in [0.15, 0.2) is 78.5 Å². The summed E-state index contributed by atoms with van der Waals surface area (Å²) in [6.07, 6.45) is 6.76. The fourth-order valence-corrected chi connectivity index (χ4v) is 2.95. The minimum atomic E-state index is 0.135. The predicted octanol–water partition coefficient (Wildman–Crippen LogP) is 6.39. The minimum Gasteiger partial charge on any atom is -0.337 e. The van der Waals surface area contributed by atoms with Gasteiger partial charge in [-0.2, -0.15) is 0 Å². The fraction of sp³-hybridized carbons (Fsp3) is 0.238. The first-order valence-corrected chi connectivity index (χ1v) is 8.32. The van der Waals surface area contributed by atoms with Gasteiger partial charge in [0.05, 0.1) is 6.04 Å². The van der Waals surface area contributed by atoms with Crippen LogP contribution in [0.4, 0.5) is 5.69 Å². The Morgan fingerprint density at radius 3 is 2.17 bits per heavy atom. The van der Waals surface area contributed by atoms with Crippen LogP contribution >= 0.6 is 11.6 Å². The monoisotopic (exact) mass is 323 g/mol. The topological polar surface area (TPSA) is 3.24 Å². The van der Waals surface area contributed by atoms with E-state index < -0.39 is 0 Å². The van der Waals surface area contributed by atoms with Gasteiger partial charge in [-0.05, 0) is 46.9 Å². The number of benzene rings is 2. The van der Waals surface area contributed by atoms with Crippen LogP contribution in [0.3, 0.4) is 0 Å². The lowest BCUT2D eigenvalue weighted by molar-refractivity contribution is 0.509. The van der Waals surface area contributed by atoms with Crippen molar-refractivity contribution in [1.82, 2.24) is 0 Å². The van der Waals surface area contributed by atoms with Gasteiger partial charge >= 0.3 is 0 Å². The molecule has 0 bridgehead atoms. The summed E-state index contributed by atoms with van der Waals surface area (Å²) in [4.78, 5) is 2.29. The summed E-state index contributed by atoms with van der Waals surface area (Å²) in [7, 11) is 0. The molecule has 0 aromatic heterocycles. The van der Waals surface area contributed by atoms with E-state index in [2.05, 4.69) is 86.5 Å². The third-order valence-corrected chi connectivity index (χ3v) is 4.44. The fourth-order valence-electron chi connectivity index (χ4n) is 2.83. The average molecular weight is 324 g/mol. The van der Waals surface area contributed by atoms with Crippen LogP contribution in [0.2, 0.25) is 5.02 Å². The zero-order valence-electron chi connectivity index (χ0n) is 13.8. The van der Waals surface area contributed by atoms with Gasteiger partial charge < -0.3 is 4.90 Å².